The molecule has 5 nitrogen and oxygen atoms in total. The van der Waals surface area contributed by atoms with Crippen molar-refractivity contribution in [1.82, 2.24) is 14.7 Å². The molecule has 0 aromatic carbocycles. The number of nitrogens with zero attached hydrogens (tertiary/aromatic N) is 3. The highest BCUT2D eigenvalue weighted by atomic mass is 32.2. The minimum atomic E-state index is -0.102. The van der Waals surface area contributed by atoms with Crippen LogP contribution in [0.15, 0.2) is 11.0 Å². The van der Waals surface area contributed by atoms with Crippen LogP contribution < -0.4 is 0 Å². The highest BCUT2D eigenvalue weighted by Gasteiger charge is 2.48. The van der Waals surface area contributed by atoms with Crippen LogP contribution >= 0.6 is 11.8 Å². The number of rotatable bonds is 4. The monoisotopic (exact) mass is 365 g/mol. The highest BCUT2D eigenvalue weighted by molar-refractivity contribution is 8.03. The molecule has 3 rings (SSSR count). The van der Waals surface area contributed by atoms with Crippen molar-refractivity contribution in [3.63, 3.8) is 0 Å². The first kappa shape index (κ1) is 21.6. The fourth-order valence-electron chi connectivity index (χ4n) is 3.04. The molecule has 25 heavy (non-hydrogen) atoms. The third-order valence-corrected chi connectivity index (χ3v) is 4.91. The number of fused-ring (bicyclic) bond motifs is 2. The summed E-state index contributed by atoms with van der Waals surface area (Å²) in [5, 5.41) is 0. The summed E-state index contributed by atoms with van der Waals surface area (Å²) in [4.78, 5) is 31.2. The Morgan fingerprint density at radius 2 is 1.84 bits per heavy atom. The van der Waals surface area contributed by atoms with E-state index in [0.717, 1.165) is 17.7 Å². The van der Waals surface area contributed by atoms with E-state index in [-0.39, 0.29) is 23.9 Å². The van der Waals surface area contributed by atoms with E-state index in [4.69, 9.17) is 0 Å². The van der Waals surface area contributed by atoms with E-state index in [1.807, 2.05) is 61.9 Å². The molecule has 0 aromatic rings. The van der Waals surface area contributed by atoms with Gasteiger partial charge in [-0.15, -0.1) is 11.8 Å². The number of thioether (sulfide) groups is 1. The van der Waals surface area contributed by atoms with Gasteiger partial charge in [-0.05, 0) is 39.1 Å². The number of carbonyl (C=O) groups excluding carboxylic acids is 2. The molecule has 0 aliphatic carbocycles. The molecule has 0 spiro atoms. The van der Waals surface area contributed by atoms with Gasteiger partial charge in [-0.25, -0.2) is 0 Å². The van der Waals surface area contributed by atoms with Crippen LogP contribution in [-0.4, -0.2) is 78.6 Å². The van der Waals surface area contributed by atoms with Crippen LogP contribution in [0.2, 0.25) is 0 Å². The predicted molar refractivity (Wildman–Crippen MR) is 105 cm³/mol. The molecule has 2 amide bonds. The van der Waals surface area contributed by atoms with Crippen molar-refractivity contribution in [2.45, 2.75) is 45.7 Å². The molecule has 6 heteroatoms. The molecule has 3 heterocycles. The van der Waals surface area contributed by atoms with E-state index in [2.05, 4.69) is 11.8 Å². The Balaban J connectivity index is 0.00000151. The Bertz CT molecular complexity index is 551. The summed E-state index contributed by atoms with van der Waals surface area (Å²) in [6.45, 7) is 7.86. The molecule has 3 aliphatic rings. The van der Waals surface area contributed by atoms with Crippen molar-refractivity contribution >= 4 is 23.6 Å². The molecule has 0 saturated carbocycles. The number of piperidine rings is 1. The first-order valence-electron chi connectivity index (χ1n) is 8.97. The number of amides is 2. The number of allylic oxidation sites excluding steroid dienone is 1. The largest absolute Gasteiger partial charge is 0.334 e. The van der Waals surface area contributed by atoms with Crippen LogP contribution in [0.4, 0.5) is 0 Å². The van der Waals surface area contributed by atoms with Crippen LogP contribution in [0.1, 0.15) is 33.6 Å². The molecule has 0 N–H and O–H groups in total. The van der Waals surface area contributed by atoms with E-state index in [0.29, 0.717) is 19.6 Å². The van der Waals surface area contributed by atoms with Crippen LogP contribution in [-0.2, 0) is 9.59 Å². The van der Waals surface area contributed by atoms with Gasteiger partial charge in [0, 0.05) is 13.1 Å². The maximum atomic E-state index is 12.5. The zero-order valence-corrected chi connectivity index (χ0v) is 17.2. The van der Waals surface area contributed by atoms with Crippen molar-refractivity contribution in [2.75, 3.05) is 40.0 Å². The third kappa shape index (κ3) is 5.52. The molecule has 0 aromatic heterocycles. The number of carbonyl (C=O) groups is 2. The molecule has 140 valence electrons. The number of hydrogen-bond donors (Lipinski definition) is 0. The standard InChI is InChI=1S/C17H25N3O2S.C2H6/c1-5-7-15(23-4)17(22)19-11-13-10-14(12-19)20(13)16(21)8-6-9-18(2)3;1-2/h7,13-14H,5,9-12H2,1-4H3;1-2H3/b15-7-;. The molecular weight excluding hydrogens is 334 g/mol. The fourth-order valence-corrected chi connectivity index (χ4v) is 3.68. The lowest BCUT2D eigenvalue weighted by atomic mass is 9.87. The number of piperazine rings is 1. The normalized spacial score (nSPS) is 21.6. The van der Waals surface area contributed by atoms with Crippen LogP contribution in [0.25, 0.3) is 0 Å². The molecule has 3 fully saturated rings. The van der Waals surface area contributed by atoms with Gasteiger partial charge in [0.25, 0.3) is 11.8 Å². The molecule has 2 bridgehead atoms. The molecule has 3 saturated heterocycles. The van der Waals surface area contributed by atoms with E-state index >= 15 is 0 Å². The molecule has 3 aliphatic heterocycles. The van der Waals surface area contributed by atoms with Gasteiger partial charge in [0.15, 0.2) is 0 Å². The third-order valence-electron chi connectivity index (χ3n) is 4.13. The van der Waals surface area contributed by atoms with E-state index < -0.39 is 0 Å². The Morgan fingerprint density at radius 3 is 2.32 bits per heavy atom. The average Bonchev–Trinajstić information content (AvgIpc) is 2.60. The predicted octanol–water partition coefficient (Wildman–Crippen LogP) is 2.05. The quantitative estimate of drug-likeness (QED) is 0.565. The first-order valence-corrected chi connectivity index (χ1v) is 10.2. The zero-order chi connectivity index (χ0) is 19.0. The Morgan fingerprint density at radius 1 is 1.24 bits per heavy atom. The van der Waals surface area contributed by atoms with Crippen molar-refractivity contribution in [3.8, 4) is 11.8 Å². The summed E-state index contributed by atoms with van der Waals surface area (Å²) >= 11 is 1.50. The van der Waals surface area contributed by atoms with E-state index in [1.54, 1.807) is 0 Å². The van der Waals surface area contributed by atoms with Gasteiger partial charge in [0.2, 0.25) is 0 Å². The minimum absolute atomic E-state index is 0.0971. The summed E-state index contributed by atoms with van der Waals surface area (Å²) in [5.41, 5.74) is 0. The summed E-state index contributed by atoms with van der Waals surface area (Å²) in [7, 11) is 3.85. The summed E-state index contributed by atoms with van der Waals surface area (Å²) in [5.74, 6) is 5.61. The lowest BCUT2D eigenvalue weighted by Crippen LogP contribution is -2.70. The zero-order valence-electron chi connectivity index (χ0n) is 16.3. The van der Waals surface area contributed by atoms with E-state index in [1.165, 1.54) is 11.8 Å². The van der Waals surface area contributed by atoms with Gasteiger partial charge < -0.3 is 9.80 Å². The van der Waals surface area contributed by atoms with Crippen LogP contribution in [0, 0.1) is 11.8 Å². The Kier molecular flexibility index (Phi) is 9.09. The summed E-state index contributed by atoms with van der Waals surface area (Å²) in [6.07, 6.45) is 5.74. The van der Waals surface area contributed by atoms with Gasteiger partial charge in [-0.2, -0.15) is 0 Å². The second-order valence-electron chi connectivity index (χ2n) is 6.19. The smallest absolute Gasteiger partial charge is 0.299 e. The molecular formula is C19H31N3O2S. The van der Waals surface area contributed by atoms with Gasteiger partial charge in [-0.1, -0.05) is 32.8 Å². The van der Waals surface area contributed by atoms with Crippen molar-refractivity contribution in [2.24, 2.45) is 0 Å². The Hall–Kier alpha value is -1.45. The maximum Gasteiger partial charge on any atom is 0.299 e. The van der Waals surface area contributed by atoms with Crippen molar-refractivity contribution in [3.05, 3.63) is 11.0 Å². The number of hydrogen-bond acceptors (Lipinski definition) is 4. The van der Waals surface area contributed by atoms with Gasteiger partial charge in [0.1, 0.15) is 0 Å². The minimum Gasteiger partial charge on any atom is -0.334 e. The van der Waals surface area contributed by atoms with Gasteiger partial charge in [-0.3, -0.25) is 14.5 Å². The lowest BCUT2D eigenvalue weighted by Gasteiger charge is -2.55. The molecule has 2 atom stereocenters. The molecule has 0 radical (unpaired) electrons. The van der Waals surface area contributed by atoms with Gasteiger partial charge in [0.05, 0.1) is 23.5 Å². The van der Waals surface area contributed by atoms with Crippen LogP contribution in [0.5, 0.6) is 0 Å². The Labute approximate surface area is 156 Å². The second-order valence-corrected chi connectivity index (χ2v) is 7.03. The first-order chi connectivity index (χ1) is 12.0. The average molecular weight is 366 g/mol. The van der Waals surface area contributed by atoms with E-state index in [9.17, 15) is 9.59 Å². The van der Waals surface area contributed by atoms with Crippen molar-refractivity contribution in [1.29, 1.82) is 0 Å². The maximum absolute atomic E-state index is 12.5. The fraction of sp³-hybridized carbons (Fsp3) is 0.684. The summed E-state index contributed by atoms with van der Waals surface area (Å²) in [6, 6.07) is 0.257. The topological polar surface area (TPSA) is 43.9 Å². The highest BCUT2D eigenvalue weighted by Crippen LogP contribution is 2.33. The van der Waals surface area contributed by atoms with Crippen molar-refractivity contribution < 1.29 is 9.59 Å². The van der Waals surface area contributed by atoms with Gasteiger partial charge >= 0.3 is 0 Å². The lowest BCUT2D eigenvalue weighted by molar-refractivity contribution is -0.154. The SMILES string of the molecule is CC.CC/C=C(\SC)C(=O)N1CC2CC(C1)N2C(=O)C#CCN(C)C. The van der Waals surface area contributed by atoms with Crippen LogP contribution in [0.3, 0.4) is 0 Å². The summed E-state index contributed by atoms with van der Waals surface area (Å²) < 4.78 is 0. The second kappa shape index (κ2) is 10.5. The molecule has 2 unspecified atom stereocenters.